The van der Waals surface area contributed by atoms with Crippen molar-refractivity contribution < 1.29 is 0 Å². The van der Waals surface area contributed by atoms with Gasteiger partial charge >= 0.3 is 0 Å². The number of rotatable bonds is 8. The van der Waals surface area contributed by atoms with Gasteiger partial charge in [-0.05, 0) is 12.0 Å². The maximum Gasteiger partial charge on any atom is 0.185 e. The maximum absolute atomic E-state index is 3.77. The van der Waals surface area contributed by atoms with Gasteiger partial charge in [0.2, 0.25) is 0 Å². The minimum Gasteiger partial charge on any atom is -0.324 e. The molecule has 92 valence electrons. The van der Waals surface area contributed by atoms with E-state index in [0.717, 1.165) is 19.0 Å². The van der Waals surface area contributed by atoms with E-state index in [1.807, 2.05) is 12.2 Å². The van der Waals surface area contributed by atoms with Gasteiger partial charge < -0.3 is 9.96 Å². The molecule has 2 nitrogen and oxygen atoms in total. The first kappa shape index (κ1) is 13.7. The molecule has 16 heavy (non-hydrogen) atoms. The lowest BCUT2D eigenvalue weighted by molar-refractivity contribution is 0.381. The summed E-state index contributed by atoms with van der Waals surface area (Å²) in [5.74, 6) is 0.958. The molecule has 3 heteroatoms. The van der Waals surface area contributed by atoms with Gasteiger partial charge in [-0.25, -0.2) is 0 Å². The van der Waals surface area contributed by atoms with Crippen molar-refractivity contribution in [3.05, 3.63) is 25.3 Å². The highest BCUT2D eigenvalue weighted by molar-refractivity contribution is 6.53. The fraction of sp³-hybridized carbons (Fsp3) is 0.692. The van der Waals surface area contributed by atoms with E-state index in [0.29, 0.717) is 0 Å². The summed E-state index contributed by atoms with van der Waals surface area (Å²) >= 11 is 0. The van der Waals surface area contributed by atoms with Crippen molar-refractivity contribution in [2.75, 3.05) is 13.1 Å². The molecular formula is C13H26N2Si. The molecule has 1 fully saturated rings. The molecule has 0 aliphatic heterocycles. The molecule has 0 aromatic rings. The molecule has 0 amide bonds. The van der Waals surface area contributed by atoms with E-state index >= 15 is 0 Å². The summed E-state index contributed by atoms with van der Waals surface area (Å²) in [6.45, 7) is 9.42. The molecule has 1 saturated carbocycles. The first-order chi connectivity index (χ1) is 7.86. The van der Waals surface area contributed by atoms with Crippen LogP contribution in [-0.2, 0) is 0 Å². The van der Waals surface area contributed by atoms with Crippen molar-refractivity contribution in [3.8, 4) is 0 Å². The van der Waals surface area contributed by atoms with E-state index in [4.69, 9.17) is 0 Å². The standard InChI is InChI=1S/C13H26N2Si/c1-3-10-14-16(15-11-4-2)12-13-8-6-5-7-9-13/h3-4,13-16H,1-2,5-12H2. The summed E-state index contributed by atoms with van der Waals surface area (Å²) in [5, 5.41) is 0. The quantitative estimate of drug-likeness (QED) is 0.501. The Kier molecular flexibility index (Phi) is 7.47. The Balaban J connectivity index is 2.28. The van der Waals surface area contributed by atoms with Crippen LogP contribution >= 0.6 is 0 Å². The lowest BCUT2D eigenvalue weighted by Gasteiger charge is -2.26. The monoisotopic (exact) mass is 238 g/mol. The third-order valence-corrected chi connectivity index (χ3v) is 5.91. The van der Waals surface area contributed by atoms with Crippen molar-refractivity contribution in [2.45, 2.75) is 38.1 Å². The lowest BCUT2D eigenvalue weighted by Crippen LogP contribution is -2.48. The van der Waals surface area contributed by atoms with E-state index < -0.39 is 9.12 Å². The van der Waals surface area contributed by atoms with Crippen LogP contribution < -0.4 is 9.96 Å². The Morgan fingerprint density at radius 3 is 2.06 bits per heavy atom. The molecule has 0 bridgehead atoms. The van der Waals surface area contributed by atoms with Gasteiger partial charge in [0, 0.05) is 13.1 Å². The van der Waals surface area contributed by atoms with Crippen LogP contribution in [0.25, 0.3) is 0 Å². The fourth-order valence-corrected chi connectivity index (χ4v) is 4.96. The highest BCUT2D eigenvalue weighted by Gasteiger charge is 2.19. The van der Waals surface area contributed by atoms with Gasteiger partial charge in [0.05, 0.1) is 0 Å². The first-order valence-electron chi connectivity index (χ1n) is 6.55. The van der Waals surface area contributed by atoms with Gasteiger partial charge in [0.15, 0.2) is 9.12 Å². The third-order valence-electron chi connectivity index (χ3n) is 3.31. The predicted molar refractivity (Wildman–Crippen MR) is 74.9 cm³/mol. The summed E-state index contributed by atoms with van der Waals surface area (Å²) < 4.78 is 0. The zero-order valence-electron chi connectivity index (χ0n) is 10.4. The van der Waals surface area contributed by atoms with Gasteiger partial charge in [-0.1, -0.05) is 44.3 Å². The average molecular weight is 238 g/mol. The van der Waals surface area contributed by atoms with Crippen LogP contribution in [0.5, 0.6) is 0 Å². The third kappa shape index (κ3) is 5.63. The summed E-state index contributed by atoms with van der Waals surface area (Å²) in [6, 6.07) is 1.38. The lowest BCUT2D eigenvalue weighted by atomic mass is 9.91. The minimum absolute atomic E-state index is 0.938. The van der Waals surface area contributed by atoms with Crippen LogP contribution in [0, 0.1) is 5.92 Å². The zero-order valence-corrected chi connectivity index (χ0v) is 11.5. The molecule has 0 spiro atoms. The molecule has 0 heterocycles. The second-order valence-electron chi connectivity index (χ2n) is 4.69. The Morgan fingerprint density at radius 2 is 1.56 bits per heavy atom. The van der Waals surface area contributed by atoms with Crippen molar-refractivity contribution in [1.82, 2.24) is 9.96 Å². The Hall–Kier alpha value is -0.383. The first-order valence-corrected chi connectivity index (χ1v) is 8.52. The normalized spacial score (nSPS) is 17.6. The molecule has 0 unspecified atom stereocenters. The number of hydrogen-bond acceptors (Lipinski definition) is 2. The second kappa shape index (κ2) is 8.73. The van der Waals surface area contributed by atoms with Crippen molar-refractivity contribution in [3.63, 3.8) is 0 Å². The van der Waals surface area contributed by atoms with Crippen LogP contribution in [0.3, 0.4) is 0 Å². The van der Waals surface area contributed by atoms with Gasteiger partial charge in [-0.3, -0.25) is 0 Å². The average Bonchev–Trinajstić information content (AvgIpc) is 2.34. The van der Waals surface area contributed by atoms with Crippen LogP contribution in [0.1, 0.15) is 32.1 Å². The number of hydrogen-bond donors (Lipinski definition) is 2. The van der Waals surface area contributed by atoms with Crippen LogP contribution in [-0.4, -0.2) is 22.2 Å². The smallest absolute Gasteiger partial charge is 0.185 e. The Labute approximate surface area is 102 Å². The van der Waals surface area contributed by atoms with E-state index in [2.05, 4.69) is 23.1 Å². The largest absolute Gasteiger partial charge is 0.324 e. The van der Waals surface area contributed by atoms with E-state index in [-0.39, 0.29) is 0 Å². The fourth-order valence-electron chi connectivity index (χ4n) is 2.45. The number of nitrogens with one attached hydrogen (secondary N) is 2. The Morgan fingerprint density at radius 1 is 1.00 bits per heavy atom. The van der Waals surface area contributed by atoms with E-state index in [9.17, 15) is 0 Å². The molecule has 2 N–H and O–H groups in total. The maximum atomic E-state index is 3.77. The highest BCUT2D eigenvalue weighted by Crippen LogP contribution is 2.26. The predicted octanol–water partition coefficient (Wildman–Crippen LogP) is 2.34. The van der Waals surface area contributed by atoms with E-state index in [1.54, 1.807) is 0 Å². The Bertz CT molecular complexity index is 188. The van der Waals surface area contributed by atoms with Crippen LogP contribution in [0.4, 0.5) is 0 Å². The van der Waals surface area contributed by atoms with E-state index in [1.165, 1.54) is 38.1 Å². The summed E-state index contributed by atoms with van der Waals surface area (Å²) in [5.41, 5.74) is 0. The molecule has 0 aromatic heterocycles. The molecular weight excluding hydrogens is 212 g/mol. The van der Waals surface area contributed by atoms with Crippen molar-refractivity contribution in [1.29, 1.82) is 0 Å². The SMILES string of the molecule is C=CCN[SiH](CC1CCCCC1)NCC=C. The summed E-state index contributed by atoms with van der Waals surface area (Å²) in [4.78, 5) is 7.23. The van der Waals surface area contributed by atoms with Gasteiger partial charge in [0.1, 0.15) is 0 Å². The summed E-state index contributed by atoms with van der Waals surface area (Å²) in [6.07, 6.45) is 11.1. The highest BCUT2D eigenvalue weighted by atomic mass is 28.3. The molecule has 1 rings (SSSR count). The van der Waals surface area contributed by atoms with Crippen LogP contribution in [0.2, 0.25) is 6.04 Å². The minimum atomic E-state index is -0.985. The zero-order chi connectivity index (χ0) is 11.6. The molecule has 0 radical (unpaired) electrons. The molecule has 0 atom stereocenters. The molecule has 1 aliphatic carbocycles. The molecule has 0 aromatic carbocycles. The van der Waals surface area contributed by atoms with Gasteiger partial charge in [-0.15, -0.1) is 13.2 Å². The second-order valence-corrected chi connectivity index (χ2v) is 7.08. The van der Waals surface area contributed by atoms with Crippen LogP contribution in [0.15, 0.2) is 25.3 Å². The van der Waals surface area contributed by atoms with Gasteiger partial charge in [-0.2, -0.15) is 0 Å². The van der Waals surface area contributed by atoms with Crippen molar-refractivity contribution in [2.24, 2.45) is 5.92 Å². The molecule has 1 aliphatic rings. The summed E-state index contributed by atoms with van der Waals surface area (Å²) in [7, 11) is -0.985. The van der Waals surface area contributed by atoms with Gasteiger partial charge in [0.25, 0.3) is 0 Å². The molecule has 0 saturated heterocycles. The van der Waals surface area contributed by atoms with Crippen molar-refractivity contribution >= 4 is 9.12 Å². The topological polar surface area (TPSA) is 24.1 Å².